The molecule has 0 aliphatic rings. The highest BCUT2D eigenvalue weighted by molar-refractivity contribution is 7.10. The van der Waals surface area contributed by atoms with Crippen molar-refractivity contribution in [3.63, 3.8) is 0 Å². The van der Waals surface area contributed by atoms with E-state index < -0.39 is 0 Å². The third-order valence-electron chi connectivity index (χ3n) is 2.95. The molecule has 102 valence electrons. The zero-order valence-corrected chi connectivity index (χ0v) is 12.2. The minimum atomic E-state index is 0.459. The van der Waals surface area contributed by atoms with E-state index in [1.165, 1.54) is 11.5 Å². The van der Waals surface area contributed by atoms with Gasteiger partial charge in [0.25, 0.3) is 5.89 Å². The Morgan fingerprint density at radius 3 is 2.90 bits per heavy atom. The minimum absolute atomic E-state index is 0.459. The van der Waals surface area contributed by atoms with Crippen LogP contribution in [0.15, 0.2) is 22.9 Å². The summed E-state index contributed by atoms with van der Waals surface area (Å²) in [6, 6.07) is 3.85. The molecule has 0 aromatic carbocycles. The molecule has 3 aromatic rings. The molecule has 0 unspecified atom stereocenters. The topological polar surface area (TPSA) is 76.7 Å². The van der Waals surface area contributed by atoms with E-state index in [4.69, 9.17) is 4.52 Å². The number of pyridine rings is 1. The van der Waals surface area contributed by atoms with Crippen LogP contribution in [0, 0.1) is 13.8 Å². The van der Waals surface area contributed by atoms with Crippen molar-refractivity contribution >= 4 is 16.5 Å². The molecule has 20 heavy (non-hydrogen) atoms. The van der Waals surface area contributed by atoms with Crippen LogP contribution in [0.4, 0.5) is 5.00 Å². The second kappa shape index (κ2) is 5.01. The second-order valence-electron chi connectivity index (χ2n) is 4.31. The molecule has 0 saturated carbocycles. The smallest absolute Gasteiger partial charge is 0.263 e. The molecule has 0 atom stereocenters. The van der Waals surface area contributed by atoms with Crippen molar-refractivity contribution in [3.05, 3.63) is 29.6 Å². The molecule has 0 radical (unpaired) electrons. The van der Waals surface area contributed by atoms with E-state index in [9.17, 15) is 0 Å². The fourth-order valence-electron chi connectivity index (χ4n) is 1.93. The molecule has 1 N–H and O–H groups in total. The molecule has 0 fully saturated rings. The molecule has 0 bridgehead atoms. The van der Waals surface area contributed by atoms with Crippen LogP contribution in [0.2, 0.25) is 0 Å². The van der Waals surface area contributed by atoms with Crippen LogP contribution in [0.25, 0.3) is 23.0 Å². The molecule has 0 aliphatic carbocycles. The van der Waals surface area contributed by atoms with Crippen molar-refractivity contribution in [2.24, 2.45) is 0 Å². The summed E-state index contributed by atoms with van der Waals surface area (Å²) in [5.74, 6) is 0.950. The van der Waals surface area contributed by atoms with Crippen LogP contribution in [-0.2, 0) is 0 Å². The van der Waals surface area contributed by atoms with Gasteiger partial charge >= 0.3 is 0 Å². The second-order valence-corrected chi connectivity index (χ2v) is 5.09. The highest BCUT2D eigenvalue weighted by atomic mass is 32.1. The van der Waals surface area contributed by atoms with Gasteiger partial charge in [-0.1, -0.05) is 11.2 Å². The first-order valence-electron chi connectivity index (χ1n) is 6.10. The van der Waals surface area contributed by atoms with E-state index in [1.807, 2.05) is 33.0 Å². The van der Waals surface area contributed by atoms with Gasteiger partial charge in [0.05, 0.1) is 11.3 Å². The Labute approximate surface area is 120 Å². The van der Waals surface area contributed by atoms with Crippen LogP contribution in [0.5, 0.6) is 0 Å². The fraction of sp³-hybridized carbons (Fsp3) is 0.231. The predicted molar refractivity (Wildman–Crippen MR) is 77.7 cm³/mol. The number of nitrogens with one attached hydrogen (secondary N) is 1. The van der Waals surface area contributed by atoms with Gasteiger partial charge in [0, 0.05) is 13.2 Å². The molecule has 6 nitrogen and oxygen atoms in total. The molecular formula is C13H13N5OS. The Kier molecular flexibility index (Phi) is 3.19. The van der Waals surface area contributed by atoms with Crippen LogP contribution < -0.4 is 5.32 Å². The average molecular weight is 287 g/mol. The zero-order chi connectivity index (χ0) is 14.1. The lowest BCUT2D eigenvalue weighted by atomic mass is 10.2. The monoisotopic (exact) mass is 287 g/mol. The van der Waals surface area contributed by atoms with Crippen molar-refractivity contribution in [3.8, 4) is 23.0 Å². The predicted octanol–water partition coefficient (Wildman–Crippen LogP) is 2.91. The summed E-state index contributed by atoms with van der Waals surface area (Å²) in [6.45, 7) is 3.89. The summed E-state index contributed by atoms with van der Waals surface area (Å²) in [7, 11) is 1.84. The lowest BCUT2D eigenvalue weighted by Gasteiger charge is -1.98. The van der Waals surface area contributed by atoms with Crippen molar-refractivity contribution in [2.45, 2.75) is 13.8 Å². The minimum Gasteiger partial charge on any atom is -0.378 e. The summed E-state index contributed by atoms with van der Waals surface area (Å²) in [5, 5.41) is 8.02. The van der Waals surface area contributed by atoms with E-state index in [0.717, 1.165) is 27.5 Å². The standard InChI is InChI=1S/C13H13N5OS/c1-7-5-4-6-15-10(7)11-16-12(19-17-11)9-8(2)18-20-13(9)14-3/h4-6,14H,1-3H3. The van der Waals surface area contributed by atoms with Crippen LogP contribution in [0.1, 0.15) is 11.3 Å². The lowest BCUT2D eigenvalue weighted by Crippen LogP contribution is -1.90. The first-order chi connectivity index (χ1) is 9.70. The summed E-state index contributed by atoms with van der Waals surface area (Å²) < 4.78 is 9.67. The van der Waals surface area contributed by atoms with Crippen LogP contribution >= 0.6 is 11.5 Å². The number of hydrogen-bond acceptors (Lipinski definition) is 7. The highest BCUT2D eigenvalue weighted by Gasteiger charge is 2.20. The summed E-state index contributed by atoms with van der Waals surface area (Å²) in [4.78, 5) is 8.73. The largest absolute Gasteiger partial charge is 0.378 e. The third kappa shape index (κ3) is 2.05. The van der Waals surface area contributed by atoms with Crippen molar-refractivity contribution < 1.29 is 4.52 Å². The Morgan fingerprint density at radius 1 is 1.30 bits per heavy atom. The summed E-state index contributed by atoms with van der Waals surface area (Å²) in [5.41, 5.74) is 3.46. The number of anilines is 1. The maximum Gasteiger partial charge on any atom is 0.263 e. The maximum atomic E-state index is 5.37. The van der Waals surface area contributed by atoms with E-state index >= 15 is 0 Å². The molecular weight excluding hydrogens is 274 g/mol. The highest BCUT2D eigenvalue weighted by Crippen LogP contribution is 2.34. The normalized spacial score (nSPS) is 10.8. The van der Waals surface area contributed by atoms with E-state index in [-0.39, 0.29) is 0 Å². The SMILES string of the molecule is CNc1snc(C)c1-c1nc(-c2ncccc2C)no1. The Balaban J connectivity index is 2.07. The van der Waals surface area contributed by atoms with Gasteiger partial charge in [-0.2, -0.15) is 9.36 Å². The quantitative estimate of drug-likeness (QED) is 0.798. The molecule has 3 heterocycles. The fourth-order valence-corrected chi connectivity index (χ4v) is 2.67. The van der Waals surface area contributed by atoms with Gasteiger partial charge in [-0.3, -0.25) is 4.98 Å². The van der Waals surface area contributed by atoms with Gasteiger partial charge in [-0.15, -0.1) is 0 Å². The lowest BCUT2D eigenvalue weighted by molar-refractivity contribution is 0.432. The summed E-state index contributed by atoms with van der Waals surface area (Å²) in [6.07, 6.45) is 1.72. The van der Waals surface area contributed by atoms with Gasteiger partial charge < -0.3 is 9.84 Å². The van der Waals surface area contributed by atoms with Crippen molar-refractivity contribution in [2.75, 3.05) is 12.4 Å². The average Bonchev–Trinajstić information content (AvgIpc) is 3.05. The molecule has 3 rings (SSSR count). The molecule has 3 aromatic heterocycles. The van der Waals surface area contributed by atoms with E-state index in [1.54, 1.807) is 6.20 Å². The van der Waals surface area contributed by atoms with Crippen LogP contribution in [-0.4, -0.2) is 26.5 Å². The van der Waals surface area contributed by atoms with Crippen molar-refractivity contribution in [1.29, 1.82) is 0 Å². The van der Waals surface area contributed by atoms with Gasteiger partial charge in [0.1, 0.15) is 10.7 Å². The Bertz CT molecular complexity index is 749. The van der Waals surface area contributed by atoms with Crippen molar-refractivity contribution in [1.82, 2.24) is 19.5 Å². The van der Waals surface area contributed by atoms with E-state index in [2.05, 4.69) is 24.8 Å². The maximum absolute atomic E-state index is 5.37. The summed E-state index contributed by atoms with van der Waals surface area (Å²) >= 11 is 1.37. The van der Waals surface area contributed by atoms with E-state index in [0.29, 0.717) is 11.7 Å². The number of rotatable bonds is 3. The third-order valence-corrected chi connectivity index (χ3v) is 3.91. The molecule has 0 saturated heterocycles. The molecule has 0 amide bonds. The van der Waals surface area contributed by atoms with Gasteiger partial charge in [0.2, 0.25) is 5.82 Å². The number of aryl methyl sites for hydroxylation is 2. The van der Waals surface area contributed by atoms with Gasteiger partial charge in [0.15, 0.2) is 0 Å². The number of nitrogens with zero attached hydrogens (tertiary/aromatic N) is 4. The zero-order valence-electron chi connectivity index (χ0n) is 11.3. The number of hydrogen-bond donors (Lipinski definition) is 1. The first-order valence-corrected chi connectivity index (χ1v) is 6.88. The van der Waals surface area contributed by atoms with Gasteiger partial charge in [-0.25, -0.2) is 0 Å². The Morgan fingerprint density at radius 2 is 2.15 bits per heavy atom. The molecule has 0 aliphatic heterocycles. The molecule has 7 heteroatoms. The Hall–Kier alpha value is -2.28. The first kappa shape index (κ1) is 12.7. The molecule has 0 spiro atoms. The number of aromatic nitrogens is 4. The van der Waals surface area contributed by atoms with Crippen LogP contribution in [0.3, 0.4) is 0 Å². The van der Waals surface area contributed by atoms with Gasteiger partial charge in [-0.05, 0) is 37.0 Å².